The van der Waals surface area contributed by atoms with Crippen LogP contribution in [0.1, 0.15) is 76.2 Å². The third kappa shape index (κ3) is 5.59. The minimum absolute atomic E-state index is 0.242. The van der Waals surface area contributed by atoms with E-state index in [9.17, 15) is 4.79 Å². The molecule has 0 saturated heterocycles. The molecular weight excluding hydrogens is 490 g/mol. The Labute approximate surface area is 226 Å². The molecule has 1 saturated carbocycles. The Morgan fingerprint density at radius 1 is 1.05 bits per heavy atom. The van der Waals surface area contributed by atoms with E-state index in [0.717, 1.165) is 45.4 Å². The molecule has 0 radical (unpaired) electrons. The number of carbonyl (C=O) groups is 1. The van der Waals surface area contributed by atoms with Crippen LogP contribution >= 0.6 is 0 Å². The van der Waals surface area contributed by atoms with Gasteiger partial charge in [-0.15, -0.1) is 0 Å². The van der Waals surface area contributed by atoms with Crippen LogP contribution in [0.4, 0.5) is 0 Å². The van der Waals surface area contributed by atoms with E-state index in [1.54, 1.807) is 23.1 Å². The zero-order valence-corrected chi connectivity index (χ0v) is 22.1. The summed E-state index contributed by atoms with van der Waals surface area (Å²) in [4.78, 5) is 31.1. The van der Waals surface area contributed by atoms with Crippen molar-refractivity contribution in [3.05, 3.63) is 101 Å². The molecule has 6 rings (SSSR count). The second kappa shape index (κ2) is 10.2. The number of H-pyrrole nitrogens is 1. The van der Waals surface area contributed by atoms with E-state index in [2.05, 4.69) is 41.6 Å². The van der Waals surface area contributed by atoms with Crippen LogP contribution in [-0.2, 0) is 6.42 Å². The molecule has 0 aliphatic heterocycles. The molecule has 5 aromatic rings. The number of rotatable bonds is 8. The summed E-state index contributed by atoms with van der Waals surface area (Å²) >= 11 is 0. The van der Waals surface area contributed by atoms with Gasteiger partial charge in [0.1, 0.15) is 5.69 Å². The number of hydrogen-bond acceptors (Lipinski definition) is 7. The standard InChI is InChI=1S/C29H29N9O/c1-17-12-23(14-24-13-18(2)35-36-24)34-28(32-17)22-6-8-26(30-16-22)29(39)33-19(3)21-7-9-27(31-15-21)38-11-10-25(37-38)20-4-5-20/h6-13,15-16,19-20H,4-5,14H2,1-3H3,(H,33,39)(H,35,36)/t19-/m0/s1. The van der Waals surface area contributed by atoms with E-state index < -0.39 is 0 Å². The summed E-state index contributed by atoms with van der Waals surface area (Å²) in [5.74, 6) is 1.65. The molecule has 10 heteroatoms. The average Bonchev–Trinajstić information content (AvgIpc) is 3.53. The van der Waals surface area contributed by atoms with Crippen LogP contribution < -0.4 is 5.32 Å². The van der Waals surface area contributed by atoms with Crippen molar-refractivity contribution in [2.75, 3.05) is 0 Å². The number of nitrogens with one attached hydrogen (secondary N) is 2. The molecular formula is C29H29N9O. The van der Waals surface area contributed by atoms with Gasteiger partial charge in [-0.05, 0) is 75.6 Å². The Kier molecular flexibility index (Phi) is 6.44. The Morgan fingerprint density at radius 3 is 2.62 bits per heavy atom. The number of aryl methyl sites for hydroxylation is 2. The highest BCUT2D eigenvalue weighted by Gasteiger charge is 2.26. The molecule has 5 aromatic heterocycles. The van der Waals surface area contributed by atoms with Gasteiger partial charge in [-0.2, -0.15) is 10.2 Å². The molecule has 1 atom stereocenters. The number of hydrogen-bond donors (Lipinski definition) is 2. The van der Waals surface area contributed by atoms with Gasteiger partial charge in [-0.3, -0.25) is 14.9 Å². The summed E-state index contributed by atoms with van der Waals surface area (Å²) < 4.78 is 1.80. The van der Waals surface area contributed by atoms with Gasteiger partial charge in [0.2, 0.25) is 0 Å². The molecule has 1 amide bonds. The first kappa shape index (κ1) is 24.6. The van der Waals surface area contributed by atoms with Crippen LogP contribution in [0.3, 0.4) is 0 Å². The first-order valence-corrected chi connectivity index (χ1v) is 13.1. The van der Waals surface area contributed by atoms with Crippen molar-refractivity contribution >= 4 is 5.91 Å². The Balaban J connectivity index is 1.10. The van der Waals surface area contributed by atoms with Crippen LogP contribution in [0, 0.1) is 13.8 Å². The SMILES string of the molecule is Cc1cc(Cc2cc(C)[nH]n2)nc(-c2ccc(C(=O)N[C@@H](C)c3ccc(-n4ccc(C5CC5)n4)nc3)nc2)n1. The van der Waals surface area contributed by atoms with Gasteiger partial charge >= 0.3 is 0 Å². The number of nitrogens with zero attached hydrogens (tertiary/aromatic N) is 7. The van der Waals surface area contributed by atoms with Crippen LogP contribution in [0.2, 0.25) is 0 Å². The molecule has 5 heterocycles. The van der Waals surface area contributed by atoms with Crippen molar-refractivity contribution < 1.29 is 4.79 Å². The van der Waals surface area contributed by atoms with Crippen molar-refractivity contribution in [3.8, 4) is 17.2 Å². The summed E-state index contributed by atoms with van der Waals surface area (Å²) in [7, 11) is 0. The Hall–Kier alpha value is -4.73. The predicted molar refractivity (Wildman–Crippen MR) is 145 cm³/mol. The van der Waals surface area contributed by atoms with Gasteiger partial charge in [-0.25, -0.2) is 19.6 Å². The van der Waals surface area contributed by atoms with E-state index in [-0.39, 0.29) is 11.9 Å². The van der Waals surface area contributed by atoms with E-state index in [1.807, 2.05) is 57.3 Å². The van der Waals surface area contributed by atoms with Crippen LogP contribution in [0.15, 0.2) is 61.1 Å². The van der Waals surface area contributed by atoms with Crippen molar-refractivity contribution in [2.24, 2.45) is 0 Å². The molecule has 39 heavy (non-hydrogen) atoms. The highest BCUT2D eigenvalue weighted by molar-refractivity contribution is 5.92. The van der Waals surface area contributed by atoms with E-state index in [0.29, 0.717) is 23.9 Å². The first-order chi connectivity index (χ1) is 18.9. The highest BCUT2D eigenvalue weighted by atomic mass is 16.1. The van der Waals surface area contributed by atoms with E-state index in [1.165, 1.54) is 12.8 Å². The fourth-order valence-electron chi connectivity index (χ4n) is 4.47. The molecule has 0 bridgehead atoms. The number of aromatic nitrogens is 8. The second-order valence-corrected chi connectivity index (χ2v) is 10.1. The van der Waals surface area contributed by atoms with Crippen molar-refractivity contribution in [1.29, 1.82) is 0 Å². The van der Waals surface area contributed by atoms with Crippen LogP contribution in [-0.4, -0.2) is 45.8 Å². The lowest BCUT2D eigenvalue weighted by Gasteiger charge is -2.14. The lowest BCUT2D eigenvalue weighted by molar-refractivity contribution is 0.0935. The first-order valence-electron chi connectivity index (χ1n) is 13.1. The number of amides is 1. The zero-order valence-electron chi connectivity index (χ0n) is 22.1. The Bertz CT molecular complexity index is 1620. The van der Waals surface area contributed by atoms with E-state index in [4.69, 9.17) is 4.98 Å². The Morgan fingerprint density at radius 2 is 1.92 bits per heavy atom. The van der Waals surface area contributed by atoms with Gasteiger partial charge < -0.3 is 5.32 Å². The maximum absolute atomic E-state index is 12.9. The average molecular weight is 520 g/mol. The molecule has 1 fully saturated rings. The van der Waals surface area contributed by atoms with Crippen LogP contribution in [0.5, 0.6) is 0 Å². The molecule has 2 N–H and O–H groups in total. The topological polar surface area (TPSA) is 127 Å². The predicted octanol–water partition coefficient (Wildman–Crippen LogP) is 4.42. The number of carbonyl (C=O) groups excluding carboxylic acids is 1. The van der Waals surface area contributed by atoms with Gasteiger partial charge in [0.05, 0.1) is 23.1 Å². The minimum Gasteiger partial charge on any atom is -0.344 e. The quantitative estimate of drug-likeness (QED) is 0.311. The fraction of sp³-hybridized carbons (Fsp3) is 0.276. The van der Waals surface area contributed by atoms with Crippen molar-refractivity contribution in [3.63, 3.8) is 0 Å². The molecule has 1 aliphatic rings. The summed E-state index contributed by atoms with van der Waals surface area (Å²) in [5, 5.41) is 14.9. The molecule has 1 aliphatic carbocycles. The molecule has 0 spiro atoms. The van der Waals surface area contributed by atoms with Gasteiger partial charge in [0.15, 0.2) is 11.6 Å². The highest BCUT2D eigenvalue weighted by Crippen LogP contribution is 2.39. The summed E-state index contributed by atoms with van der Waals surface area (Å²) in [6, 6.07) is 13.1. The van der Waals surface area contributed by atoms with Crippen molar-refractivity contribution in [2.45, 2.75) is 52.0 Å². The van der Waals surface area contributed by atoms with Crippen LogP contribution in [0.25, 0.3) is 17.2 Å². The summed E-state index contributed by atoms with van der Waals surface area (Å²) in [6.45, 7) is 5.82. The molecule has 10 nitrogen and oxygen atoms in total. The lowest BCUT2D eigenvalue weighted by atomic mass is 10.1. The smallest absolute Gasteiger partial charge is 0.270 e. The normalized spacial score (nSPS) is 13.8. The third-order valence-electron chi connectivity index (χ3n) is 6.74. The largest absolute Gasteiger partial charge is 0.344 e. The van der Waals surface area contributed by atoms with Crippen molar-refractivity contribution in [1.82, 2.24) is 45.2 Å². The maximum atomic E-state index is 12.9. The fourth-order valence-corrected chi connectivity index (χ4v) is 4.47. The third-order valence-corrected chi connectivity index (χ3v) is 6.74. The molecule has 0 unspecified atom stereocenters. The maximum Gasteiger partial charge on any atom is 0.270 e. The number of aromatic amines is 1. The van der Waals surface area contributed by atoms with Gasteiger partial charge in [-0.1, -0.05) is 6.07 Å². The number of pyridine rings is 2. The molecule has 0 aromatic carbocycles. The monoisotopic (exact) mass is 519 g/mol. The van der Waals surface area contributed by atoms with E-state index >= 15 is 0 Å². The second-order valence-electron chi connectivity index (χ2n) is 10.1. The lowest BCUT2D eigenvalue weighted by Crippen LogP contribution is -2.27. The minimum atomic E-state index is -0.265. The molecule has 196 valence electrons. The van der Waals surface area contributed by atoms with Gasteiger partial charge in [0.25, 0.3) is 5.91 Å². The zero-order chi connectivity index (χ0) is 26.9. The van der Waals surface area contributed by atoms with Gasteiger partial charge in [0, 0.05) is 47.9 Å². The summed E-state index contributed by atoms with van der Waals surface area (Å²) in [6.07, 6.45) is 8.38. The summed E-state index contributed by atoms with van der Waals surface area (Å²) in [5.41, 5.74) is 6.73.